The van der Waals surface area contributed by atoms with Gasteiger partial charge < -0.3 is 5.32 Å². The van der Waals surface area contributed by atoms with E-state index in [-0.39, 0.29) is 5.91 Å². The van der Waals surface area contributed by atoms with Gasteiger partial charge in [0.05, 0.1) is 5.56 Å². The predicted octanol–water partition coefficient (Wildman–Crippen LogP) is 1.57. The molecular formula is C13H14N4O. The second kappa shape index (κ2) is 5.27. The third kappa shape index (κ3) is 2.82. The maximum Gasteiger partial charge on any atom is 0.253 e. The predicted molar refractivity (Wildman–Crippen MR) is 68.5 cm³/mol. The monoisotopic (exact) mass is 242 g/mol. The molecule has 0 unspecified atom stereocenters. The van der Waals surface area contributed by atoms with Crippen LogP contribution in [-0.4, -0.2) is 27.0 Å². The van der Waals surface area contributed by atoms with Crippen LogP contribution in [0.2, 0.25) is 0 Å². The van der Waals surface area contributed by atoms with Gasteiger partial charge in [0.1, 0.15) is 12.1 Å². The number of carbonyl (C=O) groups is 1. The van der Waals surface area contributed by atoms with Gasteiger partial charge in [-0.25, -0.2) is 9.97 Å². The Morgan fingerprint density at radius 1 is 1.50 bits per heavy atom. The van der Waals surface area contributed by atoms with E-state index < -0.39 is 0 Å². The van der Waals surface area contributed by atoms with Crippen molar-refractivity contribution in [3.8, 4) is 5.82 Å². The molecule has 2 aromatic heterocycles. The van der Waals surface area contributed by atoms with Crippen LogP contribution in [0.5, 0.6) is 0 Å². The zero-order valence-electron chi connectivity index (χ0n) is 10.1. The van der Waals surface area contributed by atoms with Gasteiger partial charge in [-0.2, -0.15) is 0 Å². The fourth-order valence-electron chi connectivity index (χ4n) is 1.40. The quantitative estimate of drug-likeness (QED) is 0.828. The molecule has 1 amide bonds. The molecule has 0 aliphatic heterocycles. The Hall–Kier alpha value is -2.43. The van der Waals surface area contributed by atoms with Crippen LogP contribution >= 0.6 is 0 Å². The number of pyridine rings is 1. The Labute approximate surface area is 105 Å². The van der Waals surface area contributed by atoms with Gasteiger partial charge in [-0.1, -0.05) is 12.2 Å². The van der Waals surface area contributed by atoms with Crippen LogP contribution in [0.4, 0.5) is 0 Å². The highest BCUT2D eigenvalue weighted by atomic mass is 16.1. The highest BCUT2D eigenvalue weighted by molar-refractivity contribution is 5.94. The molecular weight excluding hydrogens is 228 g/mol. The number of nitrogens with zero attached hydrogens (tertiary/aromatic N) is 3. The molecule has 2 rings (SSSR count). The van der Waals surface area contributed by atoms with Crippen LogP contribution in [0.1, 0.15) is 17.3 Å². The summed E-state index contributed by atoms with van der Waals surface area (Å²) >= 11 is 0. The van der Waals surface area contributed by atoms with Crippen molar-refractivity contribution in [1.29, 1.82) is 0 Å². The summed E-state index contributed by atoms with van der Waals surface area (Å²) in [4.78, 5) is 19.9. The van der Waals surface area contributed by atoms with Gasteiger partial charge in [-0.3, -0.25) is 9.36 Å². The summed E-state index contributed by atoms with van der Waals surface area (Å²) in [7, 11) is 0. The van der Waals surface area contributed by atoms with Crippen LogP contribution in [0, 0.1) is 0 Å². The average molecular weight is 242 g/mol. The van der Waals surface area contributed by atoms with Crippen LogP contribution in [0.15, 0.2) is 49.2 Å². The van der Waals surface area contributed by atoms with Crippen LogP contribution in [0.3, 0.4) is 0 Å². The molecule has 92 valence electrons. The second-order valence-corrected chi connectivity index (χ2v) is 4.01. The molecule has 18 heavy (non-hydrogen) atoms. The number of aromatic nitrogens is 3. The lowest BCUT2D eigenvalue weighted by Crippen LogP contribution is -2.24. The Morgan fingerprint density at radius 2 is 2.33 bits per heavy atom. The molecule has 2 heterocycles. The maximum atomic E-state index is 11.7. The van der Waals surface area contributed by atoms with Crippen molar-refractivity contribution < 1.29 is 4.79 Å². The smallest absolute Gasteiger partial charge is 0.253 e. The fourth-order valence-corrected chi connectivity index (χ4v) is 1.40. The average Bonchev–Trinajstić information content (AvgIpc) is 2.90. The van der Waals surface area contributed by atoms with E-state index in [0.717, 1.165) is 11.4 Å². The first-order valence-electron chi connectivity index (χ1n) is 5.54. The van der Waals surface area contributed by atoms with E-state index in [4.69, 9.17) is 0 Å². The van der Waals surface area contributed by atoms with E-state index in [1.54, 1.807) is 41.6 Å². The third-order valence-electron chi connectivity index (χ3n) is 2.33. The molecule has 2 aromatic rings. The first kappa shape index (κ1) is 12.0. The standard InChI is InChI=1S/C13H14N4O/c1-10(2)7-16-13(18)11-3-4-12(15-8-11)17-6-5-14-9-17/h3-6,8-9H,1,7H2,2H3,(H,16,18). The highest BCUT2D eigenvalue weighted by Crippen LogP contribution is 2.05. The van der Waals surface area contributed by atoms with Crippen molar-refractivity contribution in [2.24, 2.45) is 0 Å². The number of imidazole rings is 1. The number of hydrogen-bond acceptors (Lipinski definition) is 3. The number of hydrogen-bond donors (Lipinski definition) is 1. The van der Waals surface area contributed by atoms with Crippen molar-refractivity contribution in [3.05, 3.63) is 54.8 Å². The van der Waals surface area contributed by atoms with E-state index >= 15 is 0 Å². The summed E-state index contributed by atoms with van der Waals surface area (Å²) < 4.78 is 1.77. The zero-order chi connectivity index (χ0) is 13.0. The molecule has 0 atom stereocenters. The summed E-state index contributed by atoms with van der Waals surface area (Å²) in [6.45, 7) is 6.06. The first-order valence-corrected chi connectivity index (χ1v) is 5.54. The zero-order valence-corrected chi connectivity index (χ0v) is 10.1. The van der Waals surface area contributed by atoms with E-state index in [9.17, 15) is 4.79 Å². The Kier molecular flexibility index (Phi) is 3.52. The summed E-state index contributed by atoms with van der Waals surface area (Å²) in [5.41, 5.74) is 1.44. The van der Waals surface area contributed by atoms with Crippen LogP contribution in [-0.2, 0) is 0 Å². The minimum Gasteiger partial charge on any atom is -0.348 e. The minimum absolute atomic E-state index is 0.150. The van der Waals surface area contributed by atoms with E-state index in [2.05, 4.69) is 21.9 Å². The number of amides is 1. The maximum absolute atomic E-state index is 11.7. The van der Waals surface area contributed by atoms with Crippen molar-refractivity contribution in [2.45, 2.75) is 6.92 Å². The Balaban J connectivity index is 2.08. The first-order chi connectivity index (χ1) is 8.66. The molecule has 0 bridgehead atoms. The van der Waals surface area contributed by atoms with E-state index in [1.807, 2.05) is 6.92 Å². The molecule has 0 aliphatic rings. The summed E-state index contributed by atoms with van der Waals surface area (Å²) in [6.07, 6.45) is 6.67. The molecule has 1 N–H and O–H groups in total. The molecule has 0 fully saturated rings. The van der Waals surface area contributed by atoms with Gasteiger partial charge >= 0.3 is 0 Å². The van der Waals surface area contributed by atoms with Crippen molar-refractivity contribution >= 4 is 5.91 Å². The summed E-state index contributed by atoms with van der Waals surface area (Å²) in [5, 5.41) is 2.75. The third-order valence-corrected chi connectivity index (χ3v) is 2.33. The number of carbonyl (C=O) groups excluding carboxylic acids is 1. The SMILES string of the molecule is C=C(C)CNC(=O)c1ccc(-n2ccnc2)nc1. The number of rotatable bonds is 4. The molecule has 5 nitrogen and oxygen atoms in total. The largest absolute Gasteiger partial charge is 0.348 e. The second-order valence-electron chi connectivity index (χ2n) is 4.01. The van der Waals surface area contributed by atoms with E-state index in [0.29, 0.717) is 12.1 Å². The Morgan fingerprint density at radius 3 is 2.89 bits per heavy atom. The fraction of sp³-hybridized carbons (Fsp3) is 0.154. The van der Waals surface area contributed by atoms with Gasteiger partial charge in [0.25, 0.3) is 5.91 Å². The molecule has 0 radical (unpaired) electrons. The number of nitrogens with one attached hydrogen (secondary N) is 1. The summed E-state index contributed by atoms with van der Waals surface area (Å²) in [6, 6.07) is 3.51. The Bertz CT molecular complexity index is 543. The molecule has 0 spiro atoms. The summed E-state index contributed by atoms with van der Waals surface area (Å²) in [5.74, 6) is 0.576. The highest BCUT2D eigenvalue weighted by Gasteiger charge is 2.05. The van der Waals surface area contributed by atoms with Crippen molar-refractivity contribution in [3.63, 3.8) is 0 Å². The van der Waals surface area contributed by atoms with Gasteiger partial charge in [0.2, 0.25) is 0 Å². The topological polar surface area (TPSA) is 59.8 Å². The van der Waals surface area contributed by atoms with Crippen molar-refractivity contribution in [2.75, 3.05) is 6.54 Å². The minimum atomic E-state index is -0.150. The lowest BCUT2D eigenvalue weighted by atomic mass is 10.2. The molecule has 0 aromatic carbocycles. The lowest BCUT2D eigenvalue weighted by Gasteiger charge is -2.05. The molecule has 0 aliphatic carbocycles. The van der Waals surface area contributed by atoms with Gasteiger partial charge in [-0.15, -0.1) is 0 Å². The van der Waals surface area contributed by atoms with Gasteiger partial charge in [-0.05, 0) is 19.1 Å². The molecule has 5 heteroatoms. The van der Waals surface area contributed by atoms with Crippen molar-refractivity contribution in [1.82, 2.24) is 19.9 Å². The molecule has 0 saturated heterocycles. The van der Waals surface area contributed by atoms with E-state index in [1.165, 1.54) is 0 Å². The lowest BCUT2D eigenvalue weighted by molar-refractivity contribution is 0.0956. The normalized spacial score (nSPS) is 10.1. The van der Waals surface area contributed by atoms with Gasteiger partial charge in [0.15, 0.2) is 0 Å². The van der Waals surface area contributed by atoms with Gasteiger partial charge in [0, 0.05) is 25.1 Å². The van der Waals surface area contributed by atoms with Crippen LogP contribution < -0.4 is 5.32 Å². The molecule has 0 saturated carbocycles. The van der Waals surface area contributed by atoms with Crippen LogP contribution in [0.25, 0.3) is 5.82 Å².